The van der Waals surface area contributed by atoms with Crippen molar-refractivity contribution >= 4 is 22.7 Å². The van der Waals surface area contributed by atoms with Crippen molar-refractivity contribution in [1.29, 1.82) is 0 Å². The maximum atomic E-state index is 12.2. The van der Waals surface area contributed by atoms with E-state index >= 15 is 0 Å². The van der Waals surface area contributed by atoms with Gasteiger partial charge >= 0.3 is 0 Å². The van der Waals surface area contributed by atoms with E-state index in [2.05, 4.69) is 10.3 Å². The maximum Gasteiger partial charge on any atom is 0.262 e. The number of oxazole rings is 1. The summed E-state index contributed by atoms with van der Waals surface area (Å²) in [5.41, 5.74) is 4.44. The molecule has 1 amide bonds. The molecule has 0 aliphatic carbocycles. The topological polar surface area (TPSA) is 84.6 Å². The SMILES string of the molecule is CCC(O)c1cccc2nc(-c3ccc(NC(=O)COc4ccccc4C)cc3)oc12. The van der Waals surface area contributed by atoms with Crippen molar-refractivity contribution in [3.05, 3.63) is 77.9 Å². The fourth-order valence-electron chi connectivity index (χ4n) is 3.33. The van der Waals surface area contributed by atoms with E-state index < -0.39 is 6.10 Å². The van der Waals surface area contributed by atoms with Crippen molar-refractivity contribution in [3.63, 3.8) is 0 Å². The highest BCUT2D eigenvalue weighted by molar-refractivity contribution is 5.92. The van der Waals surface area contributed by atoms with Crippen molar-refractivity contribution in [2.45, 2.75) is 26.4 Å². The summed E-state index contributed by atoms with van der Waals surface area (Å²) in [7, 11) is 0. The first-order valence-electron chi connectivity index (χ1n) is 10.2. The second-order valence-corrected chi connectivity index (χ2v) is 7.32. The Morgan fingerprint density at radius 2 is 1.87 bits per heavy atom. The summed E-state index contributed by atoms with van der Waals surface area (Å²) in [5.74, 6) is 0.916. The van der Waals surface area contributed by atoms with Gasteiger partial charge in [0.05, 0.1) is 6.10 Å². The molecule has 6 nitrogen and oxygen atoms in total. The van der Waals surface area contributed by atoms with Crippen molar-refractivity contribution in [2.24, 2.45) is 0 Å². The van der Waals surface area contributed by atoms with Crippen LogP contribution in [0.1, 0.15) is 30.6 Å². The van der Waals surface area contributed by atoms with Gasteiger partial charge in [-0.3, -0.25) is 4.79 Å². The van der Waals surface area contributed by atoms with Gasteiger partial charge in [0.25, 0.3) is 5.91 Å². The molecule has 4 rings (SSSR count). The predicted octanol–water partition coefficient (Wildman–Crippen LogP) is 5.26. The maximum absolute atomic E-state index is 12.2. The fourth-order valence-corrected chi connectivity index (χ4v) is 3.33. The molecule has 0 bridgehead atoms. The number of hydrogen-bond donors (Lipinski definition) is 2. The molecule has 0 fully saturated rings. The predicted molar refractivity (Wildman–Crippen MR) is 120 cm³/mol. The monoisotopic (exact) mass is 416 g/mol. The average molecular weight is 416 g/mol. The molecule has 1 unspecified atom stereocenters. The van der Waals surface area contributed by atoms with Crippen LogP contribution in [0, 0.1) is 6.92 Å². The Bertz CT molecular complexity index is 1200. The van der Waals surface area contributed by atoms with E-state index in [1.165, 1.54) is 0 Å². The molecule has 0 aliphatic heterocycles. The Balaban J connectivity index is 1.44. The van der Waals surface area contributed by atoms with Crippen LogP contribution in [-0.2, 0) is 4.79 Å². The highest BCUT2D eigenvalue weighted by Gasteiger charge is 2.16. The molecule has 1 atom stereocenters. The van der Waals surface area contributed by atoms with Crippen LogP contribution in [-0.4, -0.2) is 22.6 Å². The Morgan fingerprint density at radius 3 is 2.61 bits per heavy atom. The molecular formula is C25H24N2O4. The van der Waals surface area contributed by atoms with Gasteiger partial charge in [-0.1, -0.05) is 37.3 Å². The first-order chi connectivity index (χ1) is 15.0. The van der Waals surface area contributed by atoms with Crippen LogP contribution in [0.3, 0.4) is 0 Å². The van der Waals surface area contributed by atoms with Crippen LogP contribution in [0.25, 0.3) is 22.6 Å². The first-order valence-corrected chi connectivity index (χ1v) is 10.2. The van der Waals surface area contributed by atoms with Crippen LogP contribution in [0.5, 0.6) is 5.75 Å². The first kappa shape index (κ1) is 20.6. The van der Waals surface area contributed by atoms with Crippen LogP contribution in [0.15, 0.2) is 71.1 Å². The summed E-state index contributed by atoms with van der Waals surface area (Å²) in [4.78, 5) is 16.7. The number of amides is 1. The number of benzene rings is 3. The molecular weight excluding hydrogens is 392 g/mol. The quantitative estimate of drug-likeness (QED) is 0.429. The minimum atomic E-state index is -0.594. The number of ether oxygens (including phenoxy) is 1. The van der Waals surface area contributed by atoms with E-state index in [4.69, 9.17) is 9.15 Å². The van der Waals surface area contributed by atoms with Gasteiger partial charge in [0.2, 0.25) is 5.89 Å². The number of para-hydroxylation sites is 2. The molecule has 1 heterocycles. The van der Waals surface area contributed by atoms with Gasteiger partial charge in [-0.05, 0) is 55.3 Å². The van der Waals surface area contributed by atoms with Gasteiger partial charge in [0, 0.05) is 16.8 Å². The normalized spacial score (nSPS) is 12.0. The molecule has 4 aromatic rings. The number of rotatable bonds is 7. The lowest BCUT2D eigenvalue weighted by molar-refractivity contribution is -0.118. The number of aliphatic hydroxyl groups is 1. The van der Waals surface area contributed by atoms with Crippen molar-refractivity contribution in [2.75, 3.05) is 11.9 Å². The fraction of sp³-hybridized carbons (Fsp3) is 0.200. The molecule has 3 aromatic carbocycles. The number of anilines is 1. The number of aliphatic hydroxyl groups excluding tert-OH is 1. The Kier molecular flexibility index (Phi) is 6.00. The summed E-state index contributed by atoms with van der Waals surface area (Å²) >= 11 is 0. The van der Waals surface area contributed by atoms with Crippen molar-refractivity contribution < 1.29 is 19.1 Å². The number of nitrogens with one attached hydrogen (secondary N) is 1. The molecule has 158 valence electrons. The summed E-state index contributed by atoms with van der Waals surface area (Å²) in [6, 6.07) is 20.4. The Labute approximate surface area is 180 Å². The van der Waals surface area contributed by atoms with Crippen LogP contribution in [0.4, 0.5) is 5.69 Å². The standard InChI is InChI=1S/C25H24N2O4/c1-3-21(28)19-8-6-9-20-24(19)31-25(27-20)17-11-13-18(14-12-17)26-23(29)15-30-22-10-5-4-7-16(22)2/h4-14,21,28H,3,15H2,1-2H3,(H,26,29). The molecule has 0 spiro atoms. The smallest absolute Gasteiger partial charge is 0.262 e. The number of nitrogens with zero attached hydrogens (tertiary/aromatic N) is 1. The highest BCUT2D eigenvalue weighted by Crippen LogP contribution is 2.31. The average Bonchev–Trinajstić information content (AvgIpc) is 3.23. The summed E-state index contributed by atoms with van der Waals surface area (Å²) in [5, 5.41) is 13.0. The number of aryl methyl sites for hydroxylation is 1. The minimum Gasteiger partial charge on any atom is -0.483 e. The minimum absolute atomic E-state index is 0.0692. The van der Waals surface area contributed by atoms with Crippen molar-refractivity contribution in [1.82, 2.24) is 4.98 Å². The highest BCUT2D eigenvalue weighted by atomic mass is 16.5. The van der Waals surface area contributed by atoms with E-state index in [-0.39, 0.29) is 12.5 Å². The van der Waals surface area contributed by atoms with E-state index in [0.29, 0.717) is 34.8 Å². The summed E-state index contributed by atoms with van der Waals surface area (Å²) in [6.07, 6.45) is 0.000806. The van der Waals surface area contributed by atoms with Gasteiger partial charge in [-0.2, -0.15) is 0 Å². The number of hydrogen-bond acceptors (Lipinski definition) is 5. The molecule has 0 saturated carbocycles. The summed E-state index contributed by atoms with van der Waals surface area (Å²) < 4.78 is 11.5. The van der Waals surface area contributed by atoms with Gasteiger partial charge in [-0.25, -0.2) is 4.98 Å². The van der Waals surface area contributed by atoms with E-state index in [0.717, 1.165) is 16.7 Å². The molecule has 0 aliphatic rings. The second-order valence-electron chi connectivity index (χ2n) is 7.32. The zero-order valence-corrected chi connectivity index (χ0v) is 17.5. The molecule has 6 heteroatoms. The van der Waals surface area contributed by atoms with E-state index in [9.17, 15) is 9.90 Å². The van der Waals surface area contributed by atoms with Gasteiger partial charge in [0.1, 0.15) is 11.3 Å². The number of carbonyl (C=O) groups excluding carboxylic acids is 1. The lowest BCUT2D eigenvalue weighted by atomic mass is 10.1. The zero-order valence-electron chi connectivity index (χ0n) is 17.5. The Hall–Kier alpha value is -3.64. The Morgan fingerprint density at radius 1 is 1.10 bits per heavy atom. The van der Waals surface area contributed by atoms with Crippen LogP contribution < -0.4 is 10.1 Å². The van der Waals surface area contributed by atoms with Crippen molar-refractivity contribution in [3.8, 4) is 17.2 Å². The summed E-state index contributed by atoms with van der Waals surface area (Å²) in [6.45, 7) is 3.78. The number of carbonyl (C=O) groups is 1. The van der Waals surface area contributed by atoms with Crippen LogP contribution >= 0.6 is 0 Å². The largest absolute Gasteiger partial charge is 0.483 e. The van der Waals surface area contributed by atoms with Gasteiger partial charge in [-0.15, -0.1) is 0 Å². The molecule has 31 heavy (non-hydrogen) atoms. The van der Waals surface area contributed by atoms with Gasteiger partial charge < -0.3 is 19.6 Å². The second kappa shape index (κ2) is 9.02. The molecule has 0 saturated heterocycles. The van der Waals surface area contributed by atoms with Gasteiger partial charge in [0.15, 0.2) is 12.2 Å². The third-order valence-electron chi connectivity index (χ3n) is 5.06. The number of aromatic nitrogens is 1. The molecule has 1 aromatic heterocycles. The van der Waals surface area contributed by atoms with Crippen LogP contribution in [0.2, 0.25) is 0 Å². The molecule has 2 N–H and O–H groups in total. The zero-order chi connectivity index (χ0) is 21.8. The van der Waals surface area contributed by atoms with E-state index in [1.54, 1.807) is 12.1 Å². The lowest BCUT2D eigenvalue weighted by Gasteiger charge is -2.09. The molecule has 0 radical (unpaired) electrons. The third-order valence-corrected chi connectivity index (χ3v) is 5.06. The van der Waals surface area contributed by atoms with E-state index in [1.807, 2.05) is 68.4 Å². The number of fused-ring (bicyclic) bond motifs is 1. The lowest BCUT2D eigenvalue weighted by Crippen LogP contribution is -2.20. The third kappa shape index (κ3) is 4.59.